The molecule has 0 saturated heterocycles. The number of halogens is 2. The monoisotopic (exact) mass is 354 g/mol. The van der Waals surface area contributed by atoms with Crippen molar-refractivity contribution in [3.63, 3.8) is 0 Å². The van der Waals surface area contributed by atoms with Crippen LogP contribution in [0.3, 0.4) is 0 Å². The lowest BCUT2D eigenvalue weighted by atomic mass is 9.73. The van der Waals surface area contributed by atoms with Crippen LogP contribution in [-0.2, 0) is 4.79 Å². The largest absolute Gasteiger partial charge is 0.372 e. The Hall–Kier alpha value is -2.69. The molecule has 1 aliphatic carbocycles. The summed E-state index contributed by atoms with van der Waals surface area (Å²) >= 11 is 0. The van der Waals surface area contributed by atoms with E-state index >= 15 is 0 Å². The number of hydrogen-bond acceptors (Lipinski definition) is 3. The molecule has 4 rings (SSSR count). The second kappa shape index (κ2) is 5.94. The normalized spacial score (nSPS) is 21.2. The van der Waals surface area contributed by atoms with E-state index in [0.717, 1.165) is 23.1 Å². The molecule has 0 saturated carbocycles. The summed E-state index contributed by atoms with van der Waals surface area (Å²) in [6, 6.07) is 10.9. The Kier molecular flexibility index (Phi) is 3.83. The van der Waals surface area contributed by atoms with Crippen LogP contribution < -0.4 is 10.6 Å². The highest BCUT2D eigenvalue weighted by Gasteiger charge is 2.38. The van der Waals surface area contributed by atoms with Gasteiger partial charge in [0.1, 0.15) is 0 Å². The number of allylic oxidation sites excluding steroid dienone is 1. The molecule has 3 nitrogen and oxygen atoms in total. The van der Waals surface area contributed by atoms with E-state index in [1.807, 2.05) is 24.3 Å². The van der Waals surface area contributed by atoms with Crippen molar-refractivity contribution in [1.82, 2.24) is 0 Å². The second-order valence-electron chi connectivity index (χ2n) is 7.75. The molecule has 2 N–H and O–H groups in total. The van der Waals surface area contributed by atoms with Crippen LogP contribution >= 0.6 is 0 Å². The lowest BCUT2D eigenvalue weighted by Crippen LogP contribution is -2.31. The van der Waals surface area contributed by atoms with Gasteiger partial charge < -0.3 is 10.6 Å². The van der Waals surface area contributed by atoms with Crippen molar-refractivity contribution >= 4 is 17.2 Å². The molecule has 2 aromatic rings. The fourth-order valence-corrected chi connectivity index (χ4v) is 3.83. The number of benzene rings is 2. The van der Waals surface area contributed by atoms with E-state index < -0.39 is 17.7 Å². The quantitative estimate of drug-likeness (QED) is 0.741. The summed E-state index contributed by atoms with van der Waals surface area (Å²) in [5.74, 6) is -1.79. The molecule has 134 valence electrons. The van der Waals surface area contributed by atoms with E-state index in [-0.39, 0.29) is 11.2 Å². The minimum Gasteiger partial charge on any atom is -0.372 e. The van der Waals surface area contributed by atoms with E-state index in [1.165, 1.54) is 12.1 Å². The standard InChI is InChI=1S/C21H20F2N2O/c1-21(2)10-17-19(18(26)11-21)20(12-7-8-13(22)14(23)9-12)25-16-6-4-3-5-15(16)24-17/h3-9,20,24-25H,10-11H2,1-2H3/t20-/m0/s1. The summed E-state index contributed by atoms with van der Waals surface area (Å²) in [4.78, 5) is 13.0. The Labute approximate surface area is 151 Å². The maximum absolute atomic E-state index is 13.9. The third-order valence-corrected chi connectivity index (χ3v) is 5.00. The average Bonchev–Trinajstić information content (AvgIpc) is 2.72. The SMILES string of the molecule is CC1(C)CC(=O)C2=C(C1)Nc1ccccc1N[C@H]2c1ccc(F)c(F)c1. The highest BCUT2D eigenvalue weighted by atomic mass is 19.2. The van der Waals surface area contributed by atoms with E-state index in [4.69, 9.17) is 0 Å². The van der Waals surface area contributed by atoms with Crippen molar-refractivity contribution in [2.24, 2.45) is 5.41 Å². The van der Waals surface area contributed by atoms with Crippen molar-refractivity contribution in [3.8, 4) is 0 Å². The number of para-hydroxylation sites is 2. The van der Waals surface area contributed by atoms with Crippen molar-refractivity contribution in [2.75, 3.05) is 10.6 Å². The summed E-state index contributed by atoms with van der Waals surface area (Å²) in [5, 5.41) is 6.75. The van der Waals surface area contributed by atoms with Crippen LogP contribution in [0.2, 0.25) is 0 Å². The van der Waals surface area contributed by atoms with Crippen LogP contribution in [0.5, 0.6) is 0 Å². The molecular weight excluding hydrogens is 334 g/mol. The molecule has 0 bridgehead atoms. The van der Waals surface area contributed by atoms with Crippen LogP contribution in [0.25, 0.3) is 0 Å². The molecule has 1 heterocycles. The molecule has 0 aromatic heterocycles. The minimum absolute atomic E-state index is 0.0267. The van der Waals surface area contributed by atoms with Gasteiger partial charge >= 0.3 is 0 Å². The van der Waals surface area contributed by atoms with Crippen molar-refractivity contribution in [2.45, 2.75) is 32.7 Å². The zero-order valence-corrected chi connectivity index (χ0v) is 14.7. The van der Waals surface area contributed by atoms with Crippen molar-refractivity contribution in [3.05, 3.63) is 70.9 Å². The number of ketones is 1. The molecule has 0 fully saturated rings. The fraction of sp³-hybridized carbons (Fsp3) is 0.286. The topological polar surface area (TPSA) is 41.1 Å². The lowest BCUT2D eigenvalue weighted by molar-refractivity contribution is -0.118. The zero-order valence-electron chi connectivity index (χ0n) is 14.7. The number of carbonyl (C=O) groups excluding carboxylic acids is 1. The first-order valence-electron chi connectivity index (χ1n) is 8.68. The van der Waals surface area contributed by atoms with Gasteiger partial charge in [0.25, 0.3) is 0 Å². The Morgan fingerprint density at radius 1 is 1.00 bits per heavy atom. The first kappa shape index (κ1) is 16.8. The minimum atomic E-state index is -0.916. The summed E-state index contributed by atoms with van der Waals surface area (Å²) in [5.41, 5.74) is 3.52. The van der Waals surface area contributed by atoms with Crippen LogP contribution in [0.4, 0.5) is 20.2 Å². The number of hydrogen-bond donors (Lipinski definition) is 2. The van der Waals surface area contributed by atoms with E-state index in [0.29, 0.717) is 24.0 Å². The van der Waals surface area contributed by atoms with Gasteiger partial charge in [-0.2, -0.15) is 0 Å². The Balaban J connectivity index is 1.89. The van der Waals surface area contributed by atoms with Gasteiger partial charge in [-0.25, -0.2) is 8.78 Å². The first-order valence-corrected chi connectivity index (χ1v) is 8.68. The molecule has 1 aliphatic heterocycles. The number of nitrogens with one attached hydrogen (secondary N) is 2. The number of carbonyl (C=O) groups is 1. The number of fused-ring (bicyclic) bond motifs is 1. The Bertz CT molecular complexity index is 933. The van der Waals surface area contributed by atoms with Crippen LogP contribution in [-0.4, -0.2) is 5.78 Å². The van der Waals surface area contributed by atoms with Crippen LogP contribution in [0.15, 0.2) is 53.7 Å². The molecule has 2 aliphatic rings. The van der Waals surface area contributed by atoms with E-state index in [1.54, 1.807) is 0 Å². The summed E-state index contributed by atoms with van der Waals surface area (Å²) < 4.78 is 27.3. The van der Waals surface area contributed by atoms with Gasteiger partial charge in [0.2, 0.25) is 0 Å². The molecule has 2 aromatic carbocycles. The van der Waals surface area contributed by atoms with Crippen LogP contribution in [0.1, 0.15) is 38.3 Å². The molecule has 1 atom stereocenters. The van der Waals surface area contributed by atoms with Gasteiger partial charge in [-0.1, -0.05) is 32.0 Å². The number of anilines is 2. The third-order valence-electron chi connectivity index (χ3n) is 5.00. The van der Waals surface area contributed by atoms with E-state index in [2.05, 4.69) is 24.5 Å². The smallest absolute Gasteiger partial charge is 0.163 e. The molecule has 0 radical (unpaired) electrons. The van der Waals surface area contributed by atoms with Gasteiger partial charge in [-0.05, 0) is 41.7 Å². The highest BCUT2D eigenvalue weighted by molar-refractivity contribution is 6.01. The number of rotatable bonds is 1. The predicted octanol–water partition coefficient (Wildman–Crippen LogP) is 5.19. The molecule has 0 unspecified atom stereocenters. The molecule has 5 heteroatoms. The van der Waals surface area contributed by atoms with Gasteiger partial charge in [-0.3, -0.25) is 4.79 Å². The zero-order chi connectivity index (χ0) is 18.5. The molecule has 0 amide bonds. The van der Waals surface area contributed by atoms with Crippen molar-refractivity contribution in [1.29, 1.82) is 0 Å². The Morgan fingerprint density at radius 3 is 2.46 bits per heavy atom. The third kappa shape index (κ3) is 2.87. The van der Waals surface area contributed by atoms with E-state index in [9.17, 15) is 13.6 Å². The van der Waals surface area contributed by atoms with Gasteiger partial charge in [0, 0.05) is 17.7 Å². The number of Topliss-reactive ketones (excluding diaryl/α,β-unsaturated/α-hetero) is 1. The van der Waals surface area contributed by atoms with Gasteiger partial charge in [0.05, 0.1) is 17.4 Å². The second-order valence-corrected chi connectivity index (χ2v) is 7.75. The maximum Gasteiger partial charge on any atom is 0.163 e. The molecule has 0 spiro atoms. The van der Waals surface area contributed by atoms with Crippen molar-refractivity contribution < 1.29 is 13.6 Å². The maximum atomic E-state index is 13.9. The molecular formula is C21H20F2N2O. The summed E-state index contributed by atoms with van der Waals surface area (Å²) in [7, 11) is 0. The fourth-order valence-electron chi connectivity index (χ4n) is 3.83. The predicted molar refractivity (Wildman–Crippen MR) is 97.8 cm³/mol. The average molecular weight is 354 g/mol. The first-order chi connectivity index (χ1) is 12.3. The summed E-state index contributed by atoms with van der Waals surface area (Å²) in [6.45, 7) is 4.13. The van der Waals surface area contributed by atoms with Gasteiger partial charge in [-0.15, -0.1) is 0 Å². The molecule has 26 heavy (non-hydrogen) atoms. The lowest BCUT2D eigenvalue weighted by Gasteiger charge is -2.34. The highest BCUT2D eigenvalue weighted by Crippen LogP contribution is 2.45. The Morgan fingerprint density at radius 2 is 1.73 bits per heavy atom. The van der Waals surface area contributed by atoms with Crippen LogP contribution in [0, 0.1) is 17.0 Å². The van der Waals surface area contributed by atoms with Gasteiger partial charge in [0.15, 0.2) is 17.4 Å². The summed E-state index contributed by atoms with van der Waals surface area (Å²) in [6.07, 6.45) is 1.13.